The lowest BCUT2D eigenvalue weighted by Crippen LogP contribution is -2.17. The second-order valence-corrected chi connectivity index (χ2v) is 7.48. The van der Waals surface area contributed by atoms with E-state index >= 15 is 0 Å². The number of aromatic nitrogens is 6. The number of benzene rings is 2. The highest BCUT2D eigenvalue weighted by atomic mass is 32.2. The highest BCUT2D eigenvalue weighted by Gasteiger charge is 2.13. The van der Waals surface area contributed by atoms with Crippen LogP contribution in [0.1, 0.15) is 6.42 Å². The molecular formula is C19H16N6O2S. The first-order valence-corrected chi connectivity index (χ1v) is 9.87. The number of rotatable bonds is 5. The Kier molecular flexibility index (Phi) is 4.01. The van der Waals surface area contributed by atoms with E-state index in [1.807, 2.05) is 48.5 Å². The molecule has 0 aliphatic rings. The lowest BCUT2D eigenvalue weighted by atomic mass is 10.3. The third-order valence-electron chi connectivity index (χ3n) is 4.67. The number of hydrogen-bond acceptors (Lipinski definition) is 5. The van der Waals surface area contributed by atoms with Crippen LogP contribution in [0.2, 0.25) is 0 Å². The van der Waals surface area contributed by atoms with E-state index in [0.717, 1.165) is 34.2 Å². The van der Waals surface area contributed by atoms with Crippen molar-refractivity contribution in [3.8, 4) is 0 Å². The molecule has 0 unspecified atom stereocenters. The Morgan fingerprint density at radius 1 is 0.893 bits per heavy atom. The molecule has 28 heavy (non-hydrogen) atoms. The maximum atomic E-state index is 12.2. The number of nitrogens with zero attached hydrogens (tertiary/aromatic N) is 4. The Balaban J connectivity index is 1.39. The van der Waals surface area contributed by atoms with E-state index in [-0.39, 0.29) is 16.9 Å². The zero-order valence-corrected chi connectivity index (χ0v) is 15.6. The molecular weight excluding hydrogens is 376 g/mol. The third kappa shape index (κ3) is 2.71. The minimum Gasteiger partial charge on any atom is -0.317 e. The molecule has 8 nitrogen and oxygen atoms in total. The lowest BCUT2D eigenvalue weighted by molar-refractivity contribution is 0.679. The molecule has 2 aromatic carbocycles. The summed E-state index contributed by atoms with van der Waals surface area (Å²) in [6, 6.07) is 15.2. The second kappa shape index (κ2) is 6.68. The number of nitrogens with one attached hydrogen (secondary N) is 2. The number of hydrogen-bond donors (Lipinski definition) is 2. The highest BCUT2D eigenvalue weighted by Crippen LogP contribution is 2.21. The van der Waals surface area contributed by atoms with Crippen molar-refractivity contribution in [1.82, 2.24) is 29.1 Å². The smallest absolute Gasteiger partial charge is 0.317 e. The molecule has 2 N–H and O–H groups in total. The highest BCUT2D eigenvalue weighted by molar-refractivity contribution is 7.99. The minimum absolute atomic E-state index is 0.100. The molecule has 0 bridgehead atoms. The molecule has 0 spiro atoms. The van der Waals surface area contributed by atoms with E-state index in [1.54, 1.807) is 8.97 Å². The summed E-state index contributed by atoms with van der Waals surface area (Å²) in [4.78, 5) is 30.1. The van der Waals surface area contributed by atoms with Gasteiger partial charge in [0.05, 0.1) is 22.1 Å². The minimum atomic E-state index is -0.261. The topological polar surface area (TPSA) is 101 Å². The predicted molar refractivity (Wildman–Crippen MR) is 109 cm³/mol. The van der Waals surface area contributed by atoms with Crippen molar-refractivity contribution >= 4 is 39.5 Å². The summed E-state index contributed by atoms with van der Waals surface area (Å²) in [6.45, 7) is 0.605. The molecule has 9 heteroatoms. The summed E-state index contributed by atoms with van der Waals surface area (Å²) in [6.07, 6.45) is 0.780. The van der Waals surface area contributed by atoms with E-state index in [1.165, 1.54) is 11.8 Å². The third-order valence-corrected chi connectivity index (χ3v) is 5.68. The van der Waals surface area contributed by atoms with Gasteiger partial charge in [0.25, 0.3) is 5.56 Å². The fourth-order valence-corrected chi connectivity index (χ4v) is 4.26. The van der Waals surface area contributed by atoms with Crippen molar-refractivity contribution in [3.05, 3.63) is 69.4 Å². The van der Waals surface area contributed by atoms with Crippen molar-refractivity contribution in [1.29, 1.82) is 0 Å². The van der Waals surface area contributed by atoms with Crippen LogP contribution in [-0.4, -0.2) is 34.9 Å². The number of thioether (sulfide) groups is 1. The molecule has 5 aromatic rings. The van der Waals surface area contributed by atoms with Crippen LogP contribution in [0.15, 0.2) is 63.3 Å². The number of imidazole rings is 1. The van der Waals surface area contributed by atoms with Gasteiger partial charge in [0, 0.05) is 12.3 Å². The van der Waals surface area contributed by atoms with Gasteiger partial charge in [-0.25, -0.2) is 4.79 Å². The van der Waals surface area contributed by atoms with Crippen molar-refractivity contribution in [2.24, 2.45) is 0 Å². The summed E-state index contributed by atoms with van der Waals surface area (Å²) in [5, 5.41) is 8.90. The van der Waals surface area contributed by atoms with E-state index in [9.17, 15) is 9.59 Å². The predicted octanol–water partition coefficient (Wildman–Crippen LogP) is 2.40. The monoisotopic (exact) mass is 392 g/mol. The van der Waals surface area contributed by atoms with Crippen LogP contribution in [0.25, 0.3) is 27.7 Å². The molecule has 0 saturated carbocycles. The molecule has 3 aromatic heterocycles. The van der Waals surface area contributed by atoms with E-state index in [2.05, 4.69) is 20.2 Å². The van der Waals surface area contributed by atoms with Crippen LogP contribution in [0.3, 0.4) is 0 Å². The van der Waals surface area contributed by atoms with E-state index in [4.69, 9.17) is 0 Å². The van der Waals surface area contributed by atoms with Crippen molar-refractivity contribution in [2.75, 3.05) is 5.75 Å². The zero-order chi connectivity index (χ0) is 19.1. The van der Waals surface area contributed by atoms with Crippen molar-refractivity contribution in [2.45, 2.75) is 18.1 Å². The molecule has 0 atom stereocenters. The quantitative estimate of drug-likeness (QED) is 0.353. The summed E-state index contributed by atoms with van der Waals surface area (Å²) in [7, 11) is 0. The van der Waals surface area contributed by atoms with Gasteiger partial charge >= 0.3 is 5.69 Å². The number of para-hydroxylation sites is 4. The van der Waals surface area contributed by atoms with Gasteiger partial charge in [0.1, 0.15) is 0 Å². The van der Waals surface area contributed by atoms with Gasteiger partial charge in [-0.05, 0) is 30.7 Å². The molecule has 0 aliphatic heterocycles. The van der Waals surface area contributed by atoms with Crippen LogP contribution in [0, 0.1) is 0 Å². The van der Waals surface area contributed by atoms with Gasteiger partial charge in [0.15, 0.2) is 5.16 Å². The Bertz CT molecular complexity index is 1430. The Morgan fingerprint density at radius 2 is 1.61 bits per heavy atom. The normalized spacial score (nSPS) is 11.7. The van der Waals surface area contributed by atoms with Crippen molar-refractivity contribution in [3.63, 3.8) is 0 Å². The van der Waals surface area contributed by atoms with Crippen LogP contribution in [0.5, 0.6) is 0 Å². The summed E-state index contributed by atoms with van der Waals surface area (Å²) < 4.78 is 3.54. The van der Waals surface area contributed by atoms with Crippen LogP contribution < -0.4 is 11.2 Å². The van der Waals surface area contributed by atoms with Crippen LogP contribution >= 0.6 is 11.8 Å². The SMILES string of the molecule is O=c1[nH]c2ccccc2n2c(SCCCn3c(=O)[nH]c4ccccc43)nnc12. The summed E-state index contributed by atoms with van der Waals surface area (Å²) in [5.41, 5.74) is 3.27. The van der Waals surface area contributed by atoms with Crippen LogP contribution in [-0.2, 0) is 6.54 Å². The van der Waals surface area contributed by atoms with Gasteiger partial charge in [-0.2, -0.15) is 0 Å². The molecule has 0 fully saturated rings. The first-order chi connectivity index (χ1) is 13.7. The molecule has 0 radical (unpaired) electrons. The van der Waals surface area contributed by atoms with E-state index in [0.29, 0.717) is 11.7 Å². The largest absolute Gasteiger partial charge is 0.326 e. The Labute approximate surface area is 162 Å². The number of aryl methyl sites for hydroxylation is 1. The standard InChI is InChI=1S/C19H16N6O2S/c26-17-16-22-23-19(25(16)15-9-4-2-7-13(15)20-17)28-11-5-10-24-14-8-3-1-6-12(14)21-18(24)27/h1-4,6-9H,5,10-11H2,(H,20,26)(H,21,27). The molecule has 0 aliphatic carbocycles. The van der Waals surface area contributed by atoms with E-state index < -0.39 is 0 Å². The maximum absolute atomic E-state index is 12.2. The summed E-state index contributed by atoms with van der Waals surface area (Å²) in [5.74, 6) is 0.744. The number of aromatic amines is 2. The van der Waals surface area contributed by atoms with Gasteiger partial charge < -0.3 is 9.97 Å². The second-order valence-electron chi connectivity index (χ2n) is 6.41. The molecule has 140 valence electrons. The fourth-order valence-electron chi connectivity index (χ4n) is 3.40. The Hall–Kier alpha value is -3.33. The first kappa shape index (κ1) is 16.8. The number of fused-ring (bicyclic) bond motifs is 4. The van der Waals surface area contributed by atoms with Gasteiger partial charge in [-0.1, -0.05) is 36.0 Å². The average molecular weight is 392 g/mol. The van der Waals surface area contributed by atoms with Crippen molar-refractivity contribution < 1.29 is 0 Å². The van der Waals surface area contributed by atoms with Crippen LogP contribution in [0.4, 0.5) is 0 Å². The fraction of sp³-hybridized carbons (Fsp3) is 0.158. The lowest BCUT2D eigenvalue weighted by Gasteiger charge is -2.05. The Morgan fingerprint density at radius 3 is 2.43 bits per heavy atom. The van der Waals surface area contributed by atoms with Gasteiger partial charge in [0.2, 0.25) is 5.65 Å². The molecule has 5 rings (SSSR count). The molecule has 0 amide bonds. The van der Waals surface area contributed by atoms with Gasteiger partial charge in [-0.3, -0.25) is 13.8 Å². The first-order valence-electron chi connectivity index (χ1n) is 8.89. The maximum Gasteiger partial charge on any atom is 0.326 e. The number of H-pyrrole nitrogens is 2. The molecule has 0 saturated heterocycles. The zero-order valence-electron chi connectivity index (χ0n) is 14.8. The van der Waals surface area contributed by atoms with Gasteiger partial charge in [-0.15, -0.1) is 10.2 Å². The average Bonchev–Trinajstić information content (AvgIpc) is 3.27. The molecule has 3 heterocycles. The summed E-state index contributed by atoms with van der Waals surface area (Å²) >= 11 is 1.52.